The fourth-order valence-electron chi connectivity index (χ4n) is 2.53. The van der Waals surface area contributed by atoms with Crippen molar-refractivity contribution < 1.29 is 4.79 Å². The van der Waals surface area contributed by atoms with E-state index in [1.807, 2.05) is 36.1 Å². The van der Waals surface area contributed by atoms with E-state index in [0.717, 1.165) is 42.4 Å². The molecule has 3 rings (SSSR count). The van der Waals surface area contributed by atoms with Crippen molar-refractivity contribution in [3.63, 3.8) is 0 Å². The molecule has 0 aliphatic carbocycles. The van der Waals surface area contributed by atoms with Gasteiger partial charge in [0.15, 0.2) is 5.69 Å². The molecular weight excluding hydrogens is 238 g/mol. The van der Waals surface area contributed by atoms with Crippen molar-refractivity contribution >= 4 is 16.8 Å². The third-order valence-electron chi connectivity index (χ3n) is 3.60. The molecule has 0 N–H and O–H groups in total. The lowest BCUT2D eigenvalue weighted by atomic mass is 10.1. The standard InChI is InChI=1S/C15H17N3O/c1-11-5-6-13-12(9-11)10-14(17-16-13)15(19)18-7-3-2-4-8-18/h5-6,9-10H,2-4,7-8H2,1H3. The molecule has 1 aromatic carbocycles. The molecule has 1 aliphatic heterocycles. The van der Waals surface area contributed by atoms with E-state index in [4.69, 9.17) is 0 Å². The maximum absolute atomic E-state index is 12.4. The molecule has 4 heteroatoms. The number of aromatic nitrogens is 2. The summed E-state index contributed by atoms with van der Waals surface area (Å²) in [5.41, 5.74) is 2.46. The first-order valence-corrected chi connectivity index (χ1v) is 6.77. The van der Waals surface area contributed by atoms with Crippen LogP contribution in [0, 0.1) is 6.92 Å². The van der Waals surface area contributed by atoms with Crippen molar-refractivity contribution in [3.05, 3.63) is 35.5 Å². The van der Waals surface area contributed by atoms with Gasteiger partial charge in [-0.3, -0.25) is 4.79 Å². The molecule has 0 unspecified atom stereocenters. The fraction of sp³-hybridized carbons (Fsp3) is 0.400. The number of hydrogen-bond donors (Lipinski definition) is 0. The molecule has 19 heavy (non-hydrogen) atoms. The number of likely N-dealkylation sites (tertiary alicyclic amines) is 1. The predicted molar refractivity (Wildman–Crippen MR) is 74.0 cm³/mol. The van der Waals surface area contributed by atoms with Crippen LogP contribution in [0.25, 0.3) is 10.9 Å². The van der Waals surface area contributed by atoms with Gasteiger partial charge in [-0.25, -0.2) is 0 Å². The highest BCUT2D eigenvalue weighted by atomic mass is 16.2. The van der Waals surface area contributed by atoms with E-state index < -0.39 is 0 Å². The Morgan fingerprint density at radius 1 is 1.11 bits per heavy atom. The van der Waals surface area contributed by atoms with Crippen LogP contribution in [0.4, 0.5) is 0 Å². The van der Waals surface area contributed by atoms with Crippen molar-refractivity contribution in [2.75, 3.05) is 13.1 Å². The van der Waals surface area contributed by atoms with E-state index in [-0.39, 0.29) is 5.91 Å². The van der Waals surface area contributed by atoms with Crippen LogP contribution in [0.5, 0.6) is 0 Å². The maximum Gasteiger partial charge on any atom is 0.274 e. The molecule has 0 saturated carbocycles. The minimum Gasteiger partial charge on any atom is -0.337 e. The van der Waals surface area contributed by atoms with Crippen LogP contribution >= 0.6 is 0 Å². The van der Waals surface area contributed by atoms with Crippen LogP contribution in [0.1, 0.15) is 35.3 Å². The molecule has 1 aromatic heterocycles. The van der Waals surface area contributed by atoms with Gasteiger partial charge in [0.1, 0.15) is 0 Å². The second-order valence-corrected chi connectivity index (χ2v) is 5.14. The minimum absolute atomic E-state index is 0.00982. The first kappa shape index (κ1) is 12.1. The topological polar surface area (TPSA) is 46.1 Å². The highest BCUT2D eigenvalue weighted by molar-refractivity contribution is 5.95. The molecule has 2 heterocycles. The van der Waals surface area contributed by atoms with E-state index in [9.17, 15) is 4.79 Å². The zero-order chi connectivity index (χ0) is 13.2. The summed E-state index contributed by atoms with van der Waals surface area (Å²) < 4.78 is 0. The average molecular weight is 255 g/mol. The van der Waals surface area contributed by atoms with Crippen molar-refractivity contribution in [2.24, 2.45) is 0 Å². The van der Waals surface area contributed by atoms with Crippen LogP contribution in [-0.4, -0.2) is 34.1 Å². The first-order chi connectivity index (χ1) is 9.24. The molecule has 0 atom stereocenters. The van der Waals surface area contributed by atoms with Gasteiger partial charge < -0.3 is 4.90 Å². The van der Waals surface area contributed by atoms with Crippen LogP contribution < -0.4 is 0 Å². The van der Waals surface area contributed by atoms with Crippen LogP contribution in [0.2, 0.25) is 0 Å². The lowest BCUT2D eigenvalue weighted by Crippen LogP contribution is -2.36. The fourth-order valence-corrected chi connectivity index (χ4v) is 2.53. The first-order valence-electron chi connectivity index (χ1n) is 6.77. The van der Waals surface area contributed by atoms with Gasteiger partial charge in [0, 0.05) is 18.5 Å². The molecule has 98 valence electrons. The number of fused-ring (bicyclic) bond motifs is 1. The lowest BCUT2D eigenvalue weighted by Gasteiger charge is -2.26. The molecule has 0 radical (unpaired) electrons. The summed E-state index contributed by atoms with van der Waals surface area (Å²) in [5, 5.41) is 9.19. The summed E-state index contributed by atoms with van der Waals surface area (Å²) >= 11 is 0. The van der Waals surface area contributed by atoms with Crippen LogP contribution in [0.3, 0.4) is 0 Å². The Balaban J connectivity index is 1.93. The molecule has 4 nitrogen and oxygen atoms in total. The number of benzene rings is 1. The van der Waals surface area contributed by atoms with Gasteiger partial charge in [0.25, 0.3) is 5.91 Å². The quantitative estimate of drug-likeness (QED) is 0.786. The second kappa shape index (κ2) is 4.96. The Morgan fingerprint density at radius 2 is 1.89 bits per heavy atom. The normalized spacial score (nSPS) is 15.7. The summed E-state index contributed by atoms with van der Waals surface area (Å²) in [5.74, 6) is 0.00982. The molecule has 0 spiro atoms. The van der Waals surface area contributed by atoms with Crippen molar-refractivity contribution in [2.45, 2.75) is 26.2 Å². The summed E-state index contributed by atoms with van der Waals surface area (Å²) in [6, 6.07) is 7.83. The summed E-state index contributed by atoms with van der Waals surface area (Å²) in [6.45, 7) is 3.71. The smallest absolute Gasteiger partial charge is 0.274 e. The zero-order valence-corrected chi connectivity index (χ0v) is 11.1. The molecule has 1 saturated heterocycles. The van der Waals surface area contributed by atoms with Gasteiger partial charge in [-0.2, -0.15) is 0 Å². The largest absolute Gasteiger partial charge is 0.337 e. The molecule has 1 fully saturated rings. The van der Waals surface area contributed by atoms with Crippen LogP contribution in [0.15, 0.2) is 24.3 Å². The Morgan fingerprint density at radius 3 is 2.68 bits per heavy atom. The van der Waals surface area contributed by atoms with Gasteiger partial charge in [0.05, 0.1) is 5.52 Å². The third-order valence-corrected chi connectivity index (χ3v) is 3.60. The monoisotopic (exact) mass is 255 g/mol. The van der Waals surface area contributed by atoms with E-state index in [1.165, 1.54) is 6.42 Å². The van der Waals surface area contributed by atoms with Crippen molar-refractivity contribution in [1.82, 2.24) is 15.1 Å². The van der Waals surface area contributed by atoms with E-state index in [2.05, 4.69) is 10.2 Å². The Bertz CT molecular complexity index is 618. The molecule has 2 aromatic rings. The zero-order valence-electron chi connectivity index (χ0n) is 11.1. The number of nitrogens with zero attached hydrogens (tertiary/aromatic N) is 3. The number of carbonyl (C=O) groups is 1. The molecule has 1 amide bonds. The van der Waals surface area contributed by atoms with Gasteiger partial charge in [0.2, 0.25) is 0 Å². The minimum atomic E-state index is 0.00982. The Hall–Kier alpha value is -1.97. The van der Waals surface area contributed by atoms with Gasteiger partial charge in [-0.15, -0.1) is 10.2 Å². The Kier molecular flexibility index (Phi) is 3.15. The maximum atomic E-state index is 12.4. The number of amides is 1. The van der Waals surface area contributed by atoms with Crippen molar-refractivity contribution in [3.8, 4) is 0 Å². The molecule has 0 bridgehead atoms. The number of piperidine rings is 1. The van der Waals surface area contributed by atoms with E-state index in [1.54, 1.807) is 0 Å². The number of hydrogen-bond acceptors (Lipinski definition) is 3. The number of aryl methyl sites for hydroxylation is 1. The highest BCUT2D eigenvalue weighted by Crippen LogP contribution is 2.16. The molecule has 1 aliphatic rings. The highest BCUT2D eigenvalue weighted by Gasteiger charge is 2.19. The number of rotatable bonds is 1. The second-order valence-electron chi connectivity index (χ2n) is 5.14. The van der Waals surface area contributed by atoms with Gasteiger partial charge in [-0.1, -0.05) is 11.6 Å². The summed E-state index contributed by atoms with van der Waals surface area (Å²) in [4.78, 5) is 14.2. The van der Waals surface area contributed by atoms with E-state index >= 15 is 0 Å². The van der Waals surface area contributed by atoms with Gasteiger partial charge >= 0.3 is 0 Å². The van der Waals surface area contributed by atoms with Crippen molar-refractivity contribution in [1.29, 1.82) is 0 Å². The van der Waals surface area contributed by atoms with Crippen LogP contribution in [-0.2, 0) is 0 Å². The lowest BCUT2D eigenvalue weighted by molar-refractivity contribution is 0.0717. The summed E-state index contributed by atoms with van der Waals surface area (Å²) in [6.07, 6.45) is 3.39. The molecular formula is C15H17N3O. The summed E-state index contributed by atoms with van der Waals surface area (Å²) in [7, 11) is 0. The van der Waals surface area contributed by atoms with Gasteiger partial charge in [-0.05, 0) is 44.4 Å². The average Bonchev–Trinajstić information content (AvgIpc) is 2.46. The third kappa shape index (κ3) is 2.43. The van der Waals surface area contributed by atoms with E-state index in [0.29, 0.717) is 5.69 Å². The Labute approximate surface area is 112 Å². The number of carbonyl (C=O) groups excluding carboxylic acids is 1. The predicted octanol–water partition coefficient (Wildman–Crippen LogP) is 2.56. The SMILES string of the molecule is Cc1ccc2nnc(C(=O)N3CCCCC3)cc2c1.